The SMILES string of the molecule is CCOc1cc(C2CCCC2)ccc1C(=O)OC. The van der Waals surface area contributed by atoms with Crippen LogP contribution in [0.1, 0.15) is 54.4 Å². The van der Waals surface area contributed by atoms with E-state index in [0.29, 0.717) is 23.8 Å². The summed E-state index contributed by atoms with van der Waals surface area (Å²) >= 11 is 0. The van der Waals surface area contributed by atoms with Gasteiger partial charge < -0.3 is 9.47 Å². The lowest BCUT2D eigenvalue weighted by Crippen LogP contribution is -2.06. The molecule has 0 N–H and O–H groups in total. The molecule has 2 rings (SSSR count). The third kappa shape index (κ3) is 2.66. The predicted octanol–water partition coefficient (Wildman–Crippen LogP) is 3.53. The van der Waals surface area contributed by atoms with E-state index in [-0.39, 0.29) is 5.97 Å². The summed E-state index contributed by atoms with van der Waals surface area (Å²) in [6, 6.07) is 5.86. The van der Waals surface area contributed by atoms with Crippen LogP contribution in [0.25, 0.3) is 0 Å². The zero-order valence-electron chi connectivity index (χ0n) is 11.1. The Bertz CT molecular complexity index is 420. The Labute approximate surface area is 108 Å². The molecule has 0 radical (unpaired) electrons. The summed E-state index contributed by atoms with van der Waals surface area (Å²) in [4.78, 5) is 11.6. The first-order chi connectivity index (χ1) is 8.76. The van der Waals surface area contributed by atoms with Gasteiger partial charge in [0.1, 0.15) is 11.3 Å². The lowest BCUT2D eigenvalue weighted by atomic mass is 9.96. The zero-order chi connectivity index (χ0) is 13.0. The third-order valence-corrected chi connectivity index (χ3v) is 3.54. The highest BCUT2D eigenvalue weighted by Gasteiger charge is 2.20. The largest absolute Gasteiger partial charge is 0.493 e. The van der Waals surface area contributed by atoms with Gasteiger partial charge in [-0.2, -0.15) is 0 Å². The van der Waals surface area contributed by atoms with Crippen LogP contribution in [-0.2, 0) is 4.74 Å². The molecule has 1 saturated carbocycles. The molecule has 1 aromatic rings. The Balaban J connectivity index is 2.29. The molecule has 98 valence electrons. The predicted molar refractivity (Wildman–Crippen MR) is 70.2 cm³/mol. The lowest BCUT2D eigenvalue weighted by Gasteiger charge is -2.14. The van der Waals surface area contributed by atoms with Crippen molar-refractivity contribution in [2.24, 2.45) is 0 Å². The van der Waals surface area contributed by atoms with Crippen LogP contribution >= 0.6 is 0 Å². The van der Waals surface area contributed by atoms with Crippen LogP contribution in [-0.4, -0.2) is 19.7 Å². The van der Waals surface area contributed by atoms with Crippen molar-refractivity contribution in [2.45, 2.75) is 38.5 Å². The normalized spacial score (nSPS) is 15.7. The second-order valence-electron chi connectivity index (χ2n) is 4.66. The van der Waals surface area contributed by atoms with E-state index >= 15 is 0 Å². The van der Waals surface area contributed by atoms with Gasteiger partial charge in [-0.25, -0.2) is 4.79 Å². The van der Waals surface area contributed by atoms with Crippen LogP contribution in [0.3, 0.4) is 0 Å². The van der Waals surface area contributed by atoms with E-state index < -0.39 is 0 Å². The molecule has 0 unspecified atom stereocenters. The number of rotatable bonds is 4. The maximum atomic E-state index is 11.6. The van der Waals surface area contributed by atoms with Crippen LogP contribution in [0.5, 0.6) is 5.75 Å². The maximum absolute atomic E-state index is 11.6. The van der Waals surface area contributed by atoms with Crippen LogP contribution in [0.15, 0.2) is 18.2 Å². The van der Waals surface area contributed by atoms with Crippen LogP contribution in [0.4, 0.5) is 0 Å². The molecule has 0 atom stereocenters. The Hall–Kier alpha value is -1.51. The van der Waals surface area contributed by atoms with Gasteiger partial charge in [0.05, 0.1) is 13.7 Å². The summed E-state index contributed by atoms with van der Waals surface area (Å²) < 4.78 is 10.3. The molecule has 0 amide bonds. The first-order valence-corrected chi connectivity index (χ1v) is 6.61. The number of methoxy groups -OCH3 is 1. The molecule has 0 saturated heterocycles. The highest BCUT2D eigenvalue weighted by atomic mass is 16.5. The van der Waals surface area contributed by atoms with Crippen molar-refractivity contribution < 1.29 is 14.3 Å². The van der Waals surface area contributed by atoms with Gasteiger partial charge >= 0.3 is 5.97 Å². The van der Waals surface area contributed by atoms with Crippen LogP contribution in [0, 0.1) is 0 Å². The van der Waals surface area contributed by atoms with E-state index in [1.807, 2.05) is 25.1 Å². The lowest BCUT2D eigenvalue weighted by molar-refractivity contribution is 0.0596. The highest BCUT2D eigenvalue weighted by Crippen LogP contribution is 2.36. The maximum Gasteiger partial charge on any atom is 0.341 e. The molecule has 3 heteroatoms. The van der Waals surface area contributed by atoms with Crippen LogP contribution in [0.2, 0.25) is 0 Å². The average Bonchev–Trinajstić information content (AvgIpc) is 2.92. The van der Waals surface area contributed by atoms with Gasteiger partial charge in [-0.05, 0) is 43.4 Å². The van der Waals surface area contributed by atoms with E-state index in [9.17, 15) is 4.79 Å². The number of hydrogen-bond acceptors (Lipinski definition) is 3. The fourth-order valence-corrected chi connectivity index (χ4v) is 2.61. The molecular weight excluding hydrogens is 228 g/mol. The second kappa shape index (κ2) is 5.89. The molecule has 0 spiro atoms. The fraction of sp³-hybridized carbons (Fsp3) is 0.533. The second-order valence-corrected chi connectivity index (χ2v) is 4.66. The van der Waals surface area contributed by atoms with Crippen molar-refractivity contribution >= 4 is 5.97 Å². The van der Waals surface area contributed by atoms with Crippen molar-refractivity contribution in [2.75, 3.05) is 13.7 Å². The van der Waals surface area contributed by atoms with Gasteiger partial charge in [0.15, 0.2) is 0 Å². The standard InChI is InChI=1S/C15H20O3/c1-3-18-14-10-12(11-6-4-5-7-11)8-9-13(14)15(16)17-2/h8-11H,3-7H2,1-2H3. The Morgan fingerprint density at radius 1 is 1.33 bits per heavy atom. The average molecular weight is 248 g/mol. The van der Waals surface area contributed by atoms with Gasteiger partial charge in [-0.1, -0.05) is 18.9 Å². The summed E-state index contributed by atoms with van der Waals surface area (Å²) in [7, 11) is 1.39. The molecular formula is C15H20O3. The molecule has 1 aromatic carbocycles. The Kier molecular flexibility index (Phi) is 4.24. The first-order valence-electron chi connectivity index (χ1n) is 6.61. The Morgan fingerprint density at radius 2 is 2.06 bits per heavy atom. The van der Waals surface area contributed by atoms with Gasteiger partial charge in [0.2, 0.25) is 0 Å². The molecule has 0 heterocycles. The van der Waals surface area contributed by atoms with E-state index in [0.717, 1.165) is 0 Å². The molecule has 3 nitrogen and oxygen atoms in total. The number of carbonyl (C=O) groups excluding carboxylic acids is 1. The molecule has 0 bridgehead atoms. The van der Waals surface area contributed by atoms with Crippen molar-refractivity contribution in [1.29, 1.82) is 0 Å². The van der Waals surface area contributed by atoms with Crippen molar-refractivity contribution in [3.8, 4) is 5.75 Å². The fourth-order valence-electron chi connectivity index (χ4n) is 2.61. The van der Waals surface area contributed by atoms with Crippen molar-refractivity contribution in [3.63, 3.8) is 0 Å². The van der Waals surface area contributed by atoms with Gasteiger partial charge in [0, 0.05) is 0 Å². The summed E-state index contributed by atoms with van der Waals surface area (Å²) in [5.74, 6) is 0.932. The molecule has 1 aliphatic rings. The smallest absolute Gasteiger partial charge is 0.341 e. The van der Waals surface area contributed by atoms with Crippen molar-refractivity contribution in [3.05, 3.63) is 29.3 Å². The van der Waals surface area contributed by atoms with Gasteiger partial charge in [-0.3, -0.25) is 0 Å². The highest BCUT2D eigenvalue weighted by molar-refractivity contribution is 5.92. The van der Waals surface area contributed by atoms with Crippen molar-refractivity contribution in [1.82, 2.24) is 0 Å². The van der Waals surface area contributed by atoms with E-state index in [4.69, 9.17) is 9.47 Å². The summed E-state index contributed by atoms with van der Waals surface area (Å²) in [6.45, 7) is 2.47. The minimum absolute atomic E-state index is 0.337. The van der Waals surface area contributed by atoms with Gasteiger partial charge in [-0.15, -0.1) is 0 Å². The van der Waals surface area contributed by atoms with E-state index in [1.165, 1.54) is 38.4 Å². The topological polar surface area (TPSA) is 35.5 Å². The molecule has 1 fully saturated rings. The molecule has 0 aliphatic heterocycles. The molecule has 0 aromatic heterocycles. The Morgan fingerprint density at radius 3 is 2.67 bits per heavy atom. The molecule has 18 heavy (non-hydrogen) atoms. The van der Waals surface area contributed by atoms with Crippen LogP contribution < -0.4 is 4.74 Å². The first kappa shape index (κ1) is 12.9. The monoisotopic (exact) mass is 248 g/mol. The number of carbonyl (C=O) groups is 1. The third-order valence-electron chi connectivity index (χ3n) is 3.54. The number of esters is 1. The molecule has 1 aliphatic carbocycles. The minimum atomic E-state index is -0.337. The summed E-state index contributed by atoms with van der Waals surface area (Å²) in [5.41, 5.74) is 1.80. The van der Waals surface area contributed by atoms with Gasteiger partial charge in [0.25, 0.3) is 0 Å². The zero-order valence-corrected chi connectivity index (χ0v) is 11.1. The summed E-state index contributed by atoms with van der Waals surface area (Å²) in [6.07, 6.45) is 5.08. The van der Waals surface area contributed by atoms with E-state index in [2.05, 4.69) is 0 Å². The number of ether oxygens (including phenoxy) is 2. The van der Waals surface area contributed by atoms with E-state index in [1.54, 1.807) is 0 Å². The quantitative estimate of drug-likeness (QED) is 0.765. The number of hydrogen-bond donors (Lipinski definition) is 0. The minimum Gasteiger partial charge on any atom is -0.493 e. The summed E-state index contributed by atoms with van der Waals surface area (Å²) in [5, 5.41) is 0. The number of benzene rings is 1.